The average molecular weight is 579 g/mol. The minimum absolute atomic E-state index is 0.119. The fraction of sp³-hybridized carbons (Fsp3) is 0.0698. The Kier molecular flexibility index (Phi) is 5.58. The zero-order chi connectivity index (χ0) is 30.1. The number of hydrogen-bond acceptors (Lipinski definition) is 2. The van der Waals surface area contributed by atoms with E-state index >= 15 is 0 Å². The first kappa shape index (κ1) is 25.9. The Morgan fingerprint density at radius 2 is 1.11 bits per heavy atom. The monoisotopic (exact) mass is 578 g/mol. The molecule has 9 rings (SSSR count). The van der Waals surface area contributed by atoms with Gasteiger partial charge in [0.1, 0.15) is 22.7 Å². The van der Waals surface area contributed by atoms with Crippen LogP contribution in [-0.2, 0) is 5.41 Å². The highest BCUT2D eigenvalue weighted by Crippen LogP contribution is 2.49. The van der Waals surface area contributed by atoms with Crippen LogP contribution in [0.1, 0.15) is 25.0 Å². The summed E-state index contributed by atoms with van der Waals surface area (Å²) in [4.78, 5) is 0. The maximum absolute atomic E-state index is 6.41. The molecule has 0 saturated carbocycles. The molecule has 214 valence electrons. The molecule has 8 aromatic rings. The standard InChI is InChI=1S/C43H30O2/c1-43(2)35-14-5-6-15-37(35)44-40-26-32(21-23-36(40)43)31-11-7-10-30(25-31)27-17-19-29(20-18-27)34-13-8-16-38-41(34)42-33-12-4-3-9-28(33)22-24-39(42)45-38/h3-26H,1-2H3. The van der Waals surface area contributed by atoms with Crippen LogP contribution in [0.15, 0.2) is 150 Å². The van der Waals surface area contributed by atoms with Gasteiger partial charge in [-0.3, -0.25) is 0 Å². The van der Waals surface area contributed by atoms with Crippen LogP contribution in [0.4, 0.5) is 0 Å². The van der Waals surface area contributed by atoms with Gasteiger partial charge in [-0.2, -0.15) is 0 Å². The Balaban J connectivity index is 1.08. The molecule has 0 atom stereocenters. The van der Waals surface area contributed by atoms with Gasteiger partial charge in [0.05, 0.1) is 0 Å². The fourth-order valence-electron chi connectivity index (χ4n) is 7.19. The second-order valence-corrected chi connectivity index (χ2v) is 12.5. The van der Waals surface area contributed by atoms with Crippen molar-refractivity contribution in [3.8, 4) is 44.9 Å². The molecular formula is C43H30O2. The molecule has 0 N–H and O–H groups in total. The molecule has 2 heteroatoms. The first-order valence-corrected chi connectivity index (χ1v) is 15.5. The number of benzene rings is 7. The Morgan fingerprint density at radius 1 is 0.444 bits per heavy atom. The van der Waals surface area contributed by atoms with Gasteiger partial charge in [-0.1, -0.05) is 129 Å². The van der Waals surface area contributed by atoms with Crippen LogP contribution in [0.5, 0.6) is 11.5 Å². The van der Waals surface area contributed by atoms with Gasteiger partial charge in [0, 0.05) is 27.3 Å². The van der Waals surface area contributed by atoms with Crippen molar-refractivity contribution in [2.45, 2.75) is 19.3 Å². The lowest BCUT2D eigenvalue weighted by Crippen LogP contribution is -2.24. The summed E-state index contributed by atoms with van der Waals surface area (Å²) in [7, 11) is 0. The number of para-hydroxylation sites is 1. The Labute approximate surface area is 262 Å². The molecule has 0 bridgehead atoms. The van der Waals surface area contributed by atoms with Crippen LogP contribution in [0.2, 0.25) is 0 Å². The predicted molar refractivity (Wildman–Crippen MR) is 186 cm³/mol. The van der Waals surface area contributed by atoms with Crippen LogP contribution >= 0.6 is 0 Å². The molecule has 0 unspecified atom stereocenters. The summed E-state index contributed by atoms with van der Waals surface area (Å²) in [6.45, 7) is 4.55. The SMILES string of the molecule is CC1(C)c2ccccc2Oc2cc(-c3cccc(-c4ccc(-c5cccc6oc7ccc8ccccc8c7c56)cc4)c3)ccc21. The Hall–Kier alpha value is -5.60. The second kappa shape index (κ2) is 9.70. The first-order chi connectivity index (χ1) is 22.0. The predicted octanol–water partition coefficient (Wildman–Crippen LogP) is 12.2. The molecule has 1 aliphatic rings. The minimum atomic E-state index is -0.119. The van der Waals surface area contributed by atoms with Crippen LogP contribution in [0.3, 0.4) is 0 Å². The number of rotatable bonds is 3. The highest BCUT2D eigenvalue weighted by atomic mass is 16.5. The van der Waals surface area contributed by atoms with E-state index in [1.54, 1.807) is 0 Å². The highest BCUT2D eigenvalue weighted by molar-refractivity contribution is 6.22. The summed E-state index contributed by atoms with van der Waals surface area (Å²) in [6.07, 6.45) is 0. The topological polar surface area (TPSA) is 22.4 Å². The summed E-state index contributed by atoms with van der Waals surface area (Å²) >= 11 is 0. The van der Waals surface area contributed by atoms with Crippen molar-refractivity contribution < 1.29 is 9.15 Å². The molecule has 0 aliphatic carbocycles. The summed E-state index contributed by atoms with van der Waals surface area (Å²) in [5.74, 6) is 1.87. The van der Waals surface area contributed by atoms with Crippen LogP contribution < -0.4 is 4.74 Å². The van der Waals surface area contributed by atoms with E-state index in [2.05, 4.69) is 153 Å². The molecule has 2 nitrogen and oxygen atoms in total. The largest absolute Gasteiger partial charge is 0.457 e. The first-order valence-electron chi connectivity index (χ1n) is 15.5. The number of ether oxygens (including phenoxy) is 1. The van der Waals surface area contributed by atoms with Gasteiger partial charge in [-0.25, -0.2) is 0 Å². The zero-order valence-corrected chi connectivity index (χ0v) is 25.2. The molecule has 0 fully saturated rings. The Morgan fingerprint density at radius 3 is 2.00 bits per heavy atom. The zero-order valence-electron chi connectivity index (χ0n) is 25.2. The third kappa shape index (κ3) is 4.03. The van der Waals surface area contributed by atoms with Gasteiger partial charge < -0.3 is 9.15 Å². The van der Waals surface area contributed by atoms with E-state index in [0.717, 1.165) is 28.2 Å². The normalized spacial score (nSPS) is 13.5. The average Bonchev–Trinajstić information content (AvgIpc) is 3.48. The van der Waals surface area contributed by atoms with Gasteiger partial charge >= 0.3 is 0 Å². The quantitative estimate of drug-likeness (QED) is 0.208. The summed E-state index contributed by atoms with van der Waals surface area (Å²) < 4.78 is 12.7. The maximum Gasteiger partial charge on any atom is 0.136 e. The summed E-state index contributed by atoms with van der Waals surface area (Å²) in [5, 5.41) is 4.78. The molecule has 2 heterocycles. The number of fused-ring (bicyclic) bond motifs is 7. The Bertz CT molecular complexity index is 2420. The van der Waals surface area contributed by atoms with Crippen LogP contribution in [0.25, 0.3) is 66.1 Å². The molecule has 1 aromatic heterocycles. The van der Waals surface area contributed by atoms with E-state index in [4.69, 9.17) is 9.15 Å². The van der Waals surface area contributed by atoms with Crippen molar-refractivity contribution in [3.63, 3.8) is 0 Å². The molecule has 1 aliphatic heterocycles. The highest BCUT2D eigenvalue weighted by Gasteiger charge is 2.34. The fourth-order valence-corrected chi connectivity index (χ4v) is 7.19. The van der Waals surface area contributed by atoms with Crippen molar-refractivity contribution >= 4 is 32.7 Å². The molecule has 45 heavy (non-hydrogen) atoms. The lowest BCUT2D eigenvalue weighted by atomic mass is 9.75. The lowest BCUT2D eigenvalue weighted by Gasteiger charge is -2.34. The summed E-state index contributed by atoms with van der Waals surface area (Å²) in [5.41, 5.74) is 11.2. The maximum atomic E-state index is 6.41. The molecular weight excluding hydrogens is 548 g/mol. The summed E-state index contributed by atoms with van der Waals surface area (Å²) in [6, 6.07) is 51.8. The van der Waals surface area contributed by atoms with Crippen LogP contribution in [-0.4, -0.2) is 0 Å². The van der Waals surface area contributed by atoms with Crippen molar-refractivity contribution in [2.75, 3.05) is 0 Å². The van der Waals surface area contributed by atoms with Crippen molar-refractivity contribution in [2.24, 2.45) is 0 Å². The third-order valence-electron chi connectivity index (χ3n) is 9.55. The number of furan rings is 1. The van der Waals surface area contributed by atoms with Gasteiger partial charge in [0.2, 0.25) is 0 Å². The second-order valence-electron chi connectivity index (χ2n) is 12.5. The van der Waals surface area contributed by atoms with Gasteiger partial charge in [-0.15, -0.1) is 0 Å². The van der Waals surface area contributed by atoms with E-state index in [0.29, 0.717) is 0 Å². The van der Waals surface area contributed by atoms with E-state index in [-0.39, 0.29) is 5.41 Å². The van der Waals surface area contributed by atoms with E-state index in [1.165, 1.54) is 60.5 Å². The molecule has 0 radical (unpaired) electrons. The third-order valence-corrected chi connectivity index (χ3v) is 9.55. The van der Waals surface area contributed by atoms with Crippen molar-refractivity contribution in [1.82, 2.24) is 0 Å². The van der Waals surface area contributed by atoms with Gasteiger partial charge in [0.25, 0.3) is 0 Å². The number of hydrogen-bond donors (Lipinski definition) is 0. The minimum Gasteiger partial charge on any atom is -0.457 e. The van der Waals surface area contributed by atoms with Gasteiger partial charge in [-0.05, 0) is 74.5 Å². The van der Waals surface area contributed by atoms with Crippen molar-refractivity contribution in [3.05, 3.63) is 157 Å². The van der Waals surface area contributed by atoms with Crippen LogP contribution in [0, 0.1) is 0 Å². The molecule has 0 amide bonds. The smallest absolute Gasteiger partial charge is 0.136 e. The van der Waals surface area contributed by atoms with E-state index in [9.17, 15) is 0 Å². The molecule has 0 spiro atoms. The molecule has 7 aromatic carbocycles. The van der Waals surface area contributed by atoms with Gasteiger partial charge in [0.15, 0.2) is 0 Å². The van der Waals surface area contributed by atoms with E-state index in [1.807, 2.05) is 6.07 Å². The van der Waals surface area contributed by atoms with E-state index < -0.39 is 0 Å². The lowest BCUT2D eigenvalue weighted by molar-refractivity contribution is 0.418. The molecule has 0 saturated heterocycles. The van der Waals surface area contributed by atoms with Crippen molar-refractivity contribution in [1.29, 1.82) is 0 Å².